The standard InChI is InChI=1S/C13H15BrINO/c1-2-16(13(17)9-3-4-9)8-10-7-11(14)5-6-12(10)15/h5-7,9H,2-4,8H2,1H3. The fourth-order valence-corrected chi connectivity index (χ4v) is 2.72. The Hall–Kier alpha value is -0.100. The van der Waals surface area contributed by atoms with Gasteiger partial charge in [0.05, 0.1) is 0 Å². The molecule has 0 bridgehead atoms. The van der Waals surface area contributed by atoms with Gasteiger partial charge in [-0.25, -0.2) is 0 Å². The van der Waals surface area contributed by atoms with Crippen molar-refractivity contribution in [1.29, 1.82) is 0 Å². The van der Waals surface area contributed by atoms with Crippen LogP contribution in [0.2, 0.25) is 0 Å². The molecule has 92 valence electrons. The van der Waals surface area contributed by atoms with Crippen LogP contribution >= 0.6 is 38.5 Å². The van der Waals surface area contributed by atoms with Gasteiger partial charge in [0.15, 0.2) is 0 Å². The smallest absolute Gasteiger partial charge is 0.225 e. The molecule has 4 heteroatoms. The highest BCUT2D eigenvalue weighted by Gasteiger charge is 2.32. The normalized spacial score (nSPS) is 14.8. The third-order valence-corrected chi connectivity index (χ3v) is 4.53. The van der Waals surface area contributed by atoms with E-state index in [1.807, 2.05) is 17.9 Å². The highest BCUT2D eigenvalue weighted by Crippen LogP contribution is 2.31. The first-order valence-corrected chi connectivity index (χ1v) is 7.71. The van der Waals surface area contributed by atoms with Crippen molar-refractivity contribution in [2.45, 2.75) is 26.3 Å². The number of nitrogens with zero attached hydrogens (tertiary/aromatic N) is 1. The van der Waals surface area contributed by atoms with Crippen LogP contribution in [0.4, 0.5) is 0 Å². The molecule has 0 N–H and O–H groups in total. The summed E-state index contributed by atoms with van der Waals surface area (Å²) in [5.41, 5.74) is 1.22. The van der Waals surface area contributed by atoms with Gasteiger partial charge < -0.3 is 4.90 Å². The van der Waals surface area contributed by atoms with Gasteiger partial charge in [-0.2, -0.15) is 0 Å². The van der Waals surface area contributed by atoms with Crippen molar-refractivity contribution < 1.29 is 4.79 Å². The van der Waals surface area contributed by atoms with Gasteiger partial charge in [-0.3, -0.25) is 4.79 Å². The fraction of sp³-hybridized carbons (Fsp3) is 0.462. The molecule has 0 heterocycles. The third kappa shape index (κ3) is 3.44. The molecule has 1 saturated carbocycles. The lowest BCUT2D eigenvalue weighted by atomic mass is 10.2. The monoisotopic (exact) mass is 407 g/mol. The molecule has 1 aromatic rings. The number of hydrogen-bond acceptors (Lipinski definition) is 1. The Bertz CT molecular complexity index is 431. The van der Waals surface area contributed by atoms with Crippen molar-refractivity contribution in [3.05, 3.63) is 31.8 Å². The van der Waals surface area contributed by atoms with Gasteiger partial charge in [-0.05, 0) is 66.1 Å². The Morgan fingerprint density at radius 3 is 2.82 bits per heavy atom. The molecule has 0 atom stereocenters. The summed E-state index contributed by atoms with van der Waals surface area (Å²) in [6.45, 7) is 3.56. The summed E-state index contributed by atoms with van der Waals surface area (Å²) < 4.78 is 2.29. The lowest BCUT2D eigenvalue weighted by molar-refractivity contribution is -0.132. The van der Waals surface area contributed by atoms with Gasteiger partial charge in [0.2, 0.25) is 5.91 Å². The molecule has 1 aliphatic rings. The Balaban J connectivity index is 2.11. The highest BCUT2D eigenvalue weighted by molar-refractivity contribution is 14.1. The minimum atomic E-state index is 0.305. The topological polar surface area (TPSA) is 20.3 Å². The Kier molecular flexibility index (Phi) is 4.47. The average Bonchev–Trinajstić information content (AvgIpc) is 3.13. The number of amides is 1. The maximum atomic E-state index is 12.0. The zero-order chi connectivity index (χ0) is 12.4. The molecule has 0 saturated heterocycles. The Labute approximate surface area is 124 Å². The summed E-state index contributed by atoms with van der Waals surface area (Å²) in [6, 6.07) is 6.21. The average molecular weight is 408 g/mol. The van der Waals surface area contributed by atoms with E-state index in [0.717, 1.165) is 30.4 Å². The molecule has 0 aromatic heterocycles. The first-order chi connectivity index (χ1) is 8.11. The number of rotatable bonds is 4. The van der Waals surface area contributed by atoms with E-state index in [9.17, 15) is 4.79 Å². The van der Waals surface area contributed by atoms with Crippen LogP contribution in [0.1, 0.15) is 25.3 Å². The van der Waals surface area contributed by atoms with E-state index in [1.165, 1.54) is 9.13 Å². The zero-order valence-electron chi connectivity index (χ0n) is 9.75. The molecule has 2 rings (SSSR count). The minimum absolute atomic E-state index is 0.305. The van der Waals surface area contributed by atoms with E-state index in [-0.39, 0.29) is 0 Å². The summed E-state index contributed by atoms with van der Waals surface area (Å²) in [4.78, 5) is 14.0. The van der Waals surface area contributed by atoms with Crippen molar-refractivity contribution in [2.24, 2.45) is 5.92 Å². The number of hydrogen-bond donors (Lipinski definition) is 0. The van der Waals surface area contributed by atoms with Crippen LogP contribution in [0.15, 0.2) is 22.7 Å². The van der Waals surface area contributed by atoms with Crippen molar-refractivity contribution in [2.75, 3.05) is 6.54 Å². The Morgan fingerprint density at radius 2 is 2.24 bits per heavy atom. The lowest BCUT2D eigenvalue weighted by Crippen LogP contribution is -2.31. The van der Waals surface area contributed by atoms with Crippen molar-refractivity contribution >= 4 is 44.4 Å². The molecule has 0 radical (unpaired) electrons. The predicted octanol–water partition coefficient (Wildman–Crippen LogP) is 3.81. The molecule has 0 unspecified atom stereocenters. The van der Waals surface area contributed by atoms with Gasteiger partial charge in [0.1, 0.15) is 0 Å². The molecule has 0 aliphatic heterocycles. The minimum Gasteiger partial charge on any atom is -0.338 e. The molecule has 1 amide bonds. The number of benzene rings is 1. The van der Waals surface area contributed by atoms with Crippen molar-refractivity contribution in [3.8, 4) is 0 Å². The molecular formula is C13H15BrINO. The predicted molar refractivity (Wildman–Crippen MR) is 80.7 cm³/mol. The second-order valence-electron chi connectivity index (χ2n) is 4.36. The molecule has 1 aliphatic carbocycles. The van der Waals surface area contributed by atoms with Crippen LogP contribution < -0.4 is 0 Å². The van der Waals surface area contributed by atoms with E-state index < -0.39 is 0 Å². The van der Waals surface area contributed by atoms with E-state index >= 15 is 0 Å². The van der Waals surface area contributed by atoms with Gasteiger partial charge >= 0.3 is 0 Å². The summed E-state index contributed by atoms with van der Waals surface area (Å²) in [5, 5.41) is 0. The van der Waals surface area contributed by atoms with Crippen LogP contribution in [-0.4, -0.2) is 17.4 Å². The van der Waals surface area contributed by atoms with E-state index in [2.05, 4.69) is 50.7 Å². The summed E-state index contributed by atoms with van der Waals surface area (Å²) in [5.74, 6) is 0.628. The Morgan fingerprint density at radius 1 is 1.53 bits per heavy atom. The van der Waals surface area contributed by atoms with Crippen molar-refractivity contribution in [1.82, 2.24) is 4.90 Å². The first kappa shape index (κ1) is 13.3. The second kappa shape index (κ2) is 5.69. The van der Waals surface area contributed by atoms with Crippen LogP contribution in [0.25, 0.3) is 0 Å². The van der Waals surface area contributed by atoms with Crippen LogP contribution in [0.5, 0.6) is 0 Å². The zero-order valence-corrected chi connectivity index (χ0v) is 13.5. The largest absolute Gasteiger partial charge is 0.338 e. The van der Waals surface area contributed by atoms with Gasteiger partial charge in [0.25, 0.3) is 0 Å². The molecule has 1 fully saturated rings. The van der Waals surface area contributed by atoms with E-state index in [4.69, 9.17) is 0 Å². The quantitative estimate of drug-likeness (QED) is 0.695. The van der Waals surface area contributed by atoms with E-state index in [1.54, 1.807) is 0 Å². The SMILES string of the molecule is CCN(Cc1cc(Br)ccc1I)C(=O)C1CC1. The number of carbonyl (C=O) groups excluding carboxylic acids is 1. The van der Waals surface area contributed by atoms with Gasteiger partial charge in [-0.15, -0.1) is 0 Å². The van der Waals surface area contributed by atoms with Gasteiger partial charge in [0, 0.05) is 27.1 Å². The number of carbonyl (C=O) groups is 1. The summed E-state index contributed by atoms with van der Waals surface area (Å²) >= 11 is 5.80. The van der Waals surface area contributed by atoms with Crippen LogP contribution in [0.3, 0.4) is 0 Å². The highest BCUT2D eigenvalue weighted by atomic mass is 127. The lowest BCUT2D eigenvalue weighted by Gasteiger charge is -2.21. The molecule has 17 heavy (non-hydrogen) atoms. The molecule has 1 aromatic carbocycles. The third-order valence-electron chi connectivity index (χ3n) is 2.99. The van der Waals surface area contributed by atoms with Crippen LogP contribution in [-0.2, 0) is 11.3 Å². The maximum absolute atomic E-state index is 12.0. The summed E-state index contributed by atoms with van der Waals surface area (Å²) in [7, 11) is 0. The first-order valence-electron chi connectivity index (χ1n) is 5.84. The molecular weight excluding hydrogens is 393 g/mol. The van der Waals surface area contributed by atoms with Crippen molar-refractivity contribution in [3.63, 3.8) is 0 Å². The maximum Gasteiger partial charge on any atom is 0.225 e. The second-order valence-corrected chi connectivity index (χ2v) is 6.44. The summed E-state index contributed by atoms with van der Waals surface area (Å²) in [6.07, 6.45) is 2.15. The fourth-order valence-electron chi connectivity index (χ4n) is 1.80. The van der Waals surface area contributed by atoms with Crippen LogP contribution in [0, 0.1) is 9.49 Å². The van der Waals surface area contributed by atoms with Gasteiger partial charge in [-0.1, -0.05) is 15.9 Å². The molecule has 0 spiro atoms. The van der Waals surface area contributed by atoms with E-state index in [0.29, 0.717) is 11.8 Å². The number of halogens is 2. The molecule has 2 nitrogen and oxygen atoms in total.